The predicted octanol–water partition coefficient (Wildman–Crippen LogP) is 2.24. The minimum absolute atomic E-state index is 0.0787. The number of ketones is 1. The Balaban J connectivity index is 1.78. The zero-order valence-electron chi connectivity index (χ0n) is 13.5. The van der Waals surface area contributed by atoms with Crippen LogP contribution in [0, 0.1) is 0 Å². The lowest BCUT2D eigenvalue weighted by molar-refractivity contribution is 0.103. The highest BCUT2D eigenvalue weighted by molar-refractivity contribution is 6.07. The fraction of sp³-hybridized carbons (Fsp3) is 0.389. The smallest absolute Gasteiger partial charge is 0.212 e. The molecular formula is C18H22N4O. The molecule has 0 amide bonds. The van der Waals surface area contributed by atoms with E-state index in [1.54, 1.807) is 30.6 Å². The first-order valence-electron chi connectivity index (χ1n) is 8.17. The van der Waals surface area contributed by atoms with E-state index in [9.17, 15) is 4.79 Å². The number of aromatic nitrogens is 2. The second-order valence-corrected chi connectivity index (χ2v) is 5.73. The maximum atomic E-state index is 12.5. The second-order valence-electron chi connectivity index (χ2n) is 5.73. The van der Waals surface area contributed by atoms with Gasteiger partial charge < -0.3 is 9.80 Å². The Hall–Kier alpha value is -2.27. The summed E-state index contributed by atoms with van der Waals surface area (Å²) in [5.74, 6) is 0.808. The van der Waals surface area contributed by atoms with Crippen molar-refractivity contribution in [3.05, 3.63) is 54.0 Å². The van der Waals surface area contributed by atoms with Crippen molar-refractivity contribution in [1.82, 2.24) is 14.9 Å². The first-order valence-corrected chi connectivity index (χ1v) is 8.17. The minimum Gasteiger partial charge on any atom is -0.355 e. The number of pyridine rings is 2. The van der Waals surface area contributed by atoms with Gasteiger partial charge in [-0.1, -0.05) is 13.0 Å². The van der Waals surface area contributed by atoms with Gasteiger partial charge in [-0.15, -0.1) is 0 Å². The van der Waals surface area contributed by atoms with E-state index in [2.05, 4.69) is 26.7 Å². The topological polar surface area (TPSA) is 49.3 Å². The molecule has 2 aromatic rings. The van der Waals surface area contributed by atoms with Crippen LogP contribution in [0.5, 0.6) is 0 Å². The van der Waals surface area contributed by atoms with Gasteiger partial charge in [0.15, 0.2) is 0 Å². The van der Waals surface area contributed by atoms with Gasteiger partial charge in [0.2, 0.25) is 5.78 Å². The molecule has 0 atom stereocenters. The van der Waals surface area contributed by atoms with E-state index in [0.29, 0.717) is 11.3 Å². The molecule has 23 heavy (non-hydrogen) atoms. The number of carbonyl (C=O) groups excluding carboxylic acids is 1. The number of rotatable bonds is 4. The molecule has 1 saturated heterocycles. The third kappa shape index (κ3) is 3.74. The van der Waals surface area contributed by atoms with Gasteiger partial charge in [0, 0.05) is 37.6 Å². The highest BCUT2D eigenvalue weighted by Gasteiger charge is 2.17. The standard InChI is InChI=1S/C18H22N4O/c1-2-21-10-5-11-22(13-12-21)17-8-3-7-16(20-17)18(23)15-6-4-9-19-14-15/h3-4,6-9,14H,2,5,10-13H2,1H3. The van der Waals surface area contributed by atoms with Crippen molar-refractivity contribution >= 4 is 11.6 Å². The molecule has 0 bridgehead atoms. The maximum Gasteiger partial charge on any atom is 0.212 e. The number of hydrogen-bond donors (Lipinski definition) is 0. The highest BCUT2D eigenvalue weighted by atomic mass is 16.1. The molecule has 0 spiro atoms. The van der Waals surface area contributed by atoms with Crippen molar-refractivity contribution in [3.8, 4) is 0 Å². The molecule has 0 aliphatic carbocycles. The molecule has 0 unspecified atom stereocenters. The van der Waals surface area contributed by atoms with Crippen LogP contribution in [0.1, 0.15) is 29.4 Å². The Bertz CT molecular complexity index is 659. The van der Waals surface area contributed by atoms with Crippen LogP contribution in [0.2, 0.25) is 0 Å². The zero-order chi connectivity index (χ0) is 16.1. The fourth-order valence-corrected chi connectivity index (χ4v) is 2.89. The zero-order valence-corrected chi connectivity index (χ0v) is 13.5. The summed E-state index contributed by atoms with van der Waals surface area (Å²) < 4.78 is 0. The Kier molecular flexibility index (Phi) is 4.98. The van der Waals surface area contributed by atoms with Gasteiger partial charge in [-0.3, -0.25) is 9.78 Å². The van der Waals surface area contributed by atoms with Crippen LogP contribution >= 0.6 is 0 Å². The highest BCUT2D eigenvalue weighted by Crippen LogP contribution is 2.16. The third-order valence-corrected chi connectivity index (χ3v) is 4.25. The Morgan fingerprint density at radius 3 is 2.83 bits per heavy atom. The Morgan fingerprint density at radius 1 is 1.13 bits per heavy atom. The van der Waals surface area contributed by atoms with Crippen molar-refractivity contribution in [1.29, 1.82) is 0 Å². The molecule has 5 heteroatoms. The molecule has 120 valence electrons. The first kappa shape index (κ1) is 15.6. The van der Waals surface area contributed by atoms with Gasteiger partial charge in [0.1, 0.15) is 11.5 Å². The van der Waals surface area contributed by atoms with Crippen LogP contribution < -0.4 is 4.90 Å². The molecule has 0 N–H and O–H groups in total. The van der Waals surface area contributed by atoms with Gasteiger partial charge >= 0.3 is 0 Å². The van der Waals surface area contributed by atoms with E-state index in [1.165, 1.54) is 0 Å². The van der Waals surface area contributed by atoms with Crippen LogP contribution in [0.15, 0.2) is 42.7 Å². The molecule has 2 aromatic heterocycles. The van der Waals surface area contributed by atoms with Crippen molar-refractivity contribution in [2.75, 3.05) is 37.6 Å². The van der Waals surface area contributed by atoms with Crippen molar-refractivity contribution in [2.45, 2.75) is 13.3 Å². The summed E-state index contributed by atoms with van der Waals surface area (Å²) in [6.07, 6.45) is 4.37. The van der Waals surface area contributed by atoms with Gasteiger partial charge in [-0.05, 0) is 43.8 Å². The van der Waals surface area contributed by atoms with Crippen molar-refractivity contribution < 1.29 is 4.79 Å². The largest absolute Gasteiger partial charge is 0.355 e. The van der Waals surface area contributed by atoms with E-state index in [0.717, 1.165) is 45.0 Å². The summed E-state index contributed by atoms with van der Waals surface area (Å²) in [4.78, 5) is 25.8. The van der Waals surface area contributed by atoms with Crippen LogP contribution in [-0.2, 0) is 0 Å². The van der Waals surface area contributed by atoms with E-state index in [4.69, 9.17) is 0 Å². The summed E-state index contributed by atoms with van der Waals surface area (Å²) in [6, 6.07) is 9.21. The lowest BCUT2D eigenvalue weighted by Gasteiger charge is -2.22. The molecule has 0 aromatic carbocycles. The molecule has 1 aliphatic heterocycles. The number of carbonyl (C=O) groups is 1. The van der Waals surface area contributed by atoms with E-state index >= 15 is 0 Å². The number of likely N-dealkylation sites (N-methyl/N-ethyl adjacent to an activating group) is 1. The molecule has 3 rings (SSSR count). The second kappa shape index (κ2) is 7.33. The van der Waals surface area contributed by atoms with Crippen LogP contribution in [-0.4, -0.2) is 53.4 Å². The van der Waals surface area contributed by atoms with Gasteiger partial charge in [-0.2, -0.15) is 0 Å². The van der Waals surface area contributed by atoms with Crippen LogP contribution in [0.4, 0.5) is 5.82 Å². The van der Waals surface area contributed by atoms with Crippen LogP contribution in [0.3, 0.4) is 0 Å². The number of anilines is 1. The van der Waals surface area contributed by atoms with Crippen LogP contribution in [0.25, 0.3) is 0 Å². The van der Waals surface area contributed by atoms with E-state index in [-0.39, 0.29) is 5.78 Å². The fourth-order valence-electron chi connectivity index (χ4n) is 2.89. The SMILES string of the molecule is CCN1CCCN(c2cccc(C(=O)c3cccnc3)n2)CC1. The minimum atomic E-state index is -0.0787. The molecule has 3 heterocycles. The van der Waals surface area contributed by atoms with Gasteiger partial charge in [0.05, 0.1) is 0 Å². The van der Waals surface area contributed by atoms with E-state index in [1.807, 2.05) is 12.1 Å². The summed E-state index contributed by atoms with van der Waals surface area (Å²) in [6.45, 7) is 7.38. The van der Waals surface area contributed by atoms with Gasteiger partial charge in [0.25, 0.3) is 0 Å². The monoisotopic (exact) mass is 310 g/mol. The first-order chi connectivity index (χ1) is 11.3. The van der Waals surface area contributed by atoms with Gasteiger partial charge in [-0.25, -0.2) is 4.98 Å². The molecule has 1 aliphatic rings. The Morgan fingerprint density at radius 2 is 2.04 bits per heavy atom. The van der Waals surface area contributed by atoms with Crippen molar-refractivity contribution in [3.63, 3.8) is 0 Å². The lowest BCUT2D eigenvalue weighted by Crippen LogP contribution is -2.31. The molecule has 5 nitrogen and oxygen atoms in total. The molecule has 0 radical (unpaired) electrons. The van der Waals surface area contributed by atoms with Crippen molar-refractivity contribution in [2.24, 2.45) is 0 Å². The molecule has 0 saturated carbocycles. The summed E-state index contributed by atoms with van der Waals surface area (Å²) in [5.41, 5.74) is 1.05. The van der Waals surface area contributed by atoms with E-state index < -0.39 is 0 Å². The molecule has 1 fully saturated rings. The maximum absolute atomic E-state index is 12.5. The predicted molar refractivity (Wildman–Crippen MR) is 90.9 cm³/mol. The summed E-state index contributed by atoms with van der Waals surface area (Å²) >= 11 is 0. The molecular weight excluding hydrogens is 288 g/mol. The normalized spacial score (nSPS) is 16.1. The summed E-state index contributed by atoms with van der Waals surface area (Å²) in [7, 11) is 0. The number of nitrogens with zero attached hydrogens (tertiary/aromatic N) is 4. The Labute approximate surface area is 137 Å². The number of hydrogen-bond acceptors (Lipinski definition) is 5. The average Bonchev–Trinajstić information content (AvgIpc) is 2.87. The quantitative estimate of drug-likeness (QED) is 0.811. The summed E-state index contributed by atoms with van der Waals surface area (Å²) in [5, 5.41) is 0. The average molecular weight is 310 g/mol. The lowest BCUT2D eigenvalue weighted by atomic mass is 10.1. The third-order valence-electron chi connectivity index (χ3n) is 4.25.